The Morgan fingerprint density at radius 2 is 2.10 bits per heavy atom. The number of likely N-dealkylation sites (tertiary alicyclic amines) is 1. The Hall–Kier alpha value is -1.63. The van der Waals surface area contributed by atoms with Crippen LogP contribution in [0.15, 0.2) is 0 Å². The highest BCUT2D eigenvalue weighted by Gasteiger charge is 2.17. The van der Waals surface area contributed by atoms with Gasteiger partial charge in [-0.3, -0.25) is 0 Å². The van der Waals surface area contributed by atoms with Crippen molar-refractivity contribution >= 4 is 11.9 Å². The predicted molar refractivity (Wildman–Crippen MR) is 79.3 cm³/mol. The van der Waals surface area contributed by atoms with Crippen molar-refractivity contribution in [3.8, 4) is 6.01 Å². The number of ether oxygens (including phenoxy) is 1. The van der Waals surface area contributed by atoms with Gasteiger partial charge in [0, 0.05) is 20.1 Å². The first-order valence-electron chi connectivity index (χ1n) is 7.20. The molecular formula is C13H24N6O. The molecule has 1 fully saturated rings. The van der Waals surface area contributed by atoms with Gasteiger partial charge in [0.2, 0.25) is 11.9 Å². The van der Waals surface area contributed by atoms with Gasteiger partial charge in [0.1, 0.15) is 0 Å². The summed E-state index contributed by atoms with van der Waals surface area (Å²) in [6, 6.07) is 0.357. The van der Waals surface area contributed by atoms with E-state index in [1.165, 1.54) is 19.4 Å². The second-order valence-corrected chi connectivity index (χ2v) is 5.10. The van der Waals surface area contributed by atoms with Gasteiger partial charge < -0.3 is 20.3 Å². The molecule has 0 radical (unpaired) electrons. The molecule has 1 aliphatic heterocycles. The minimum absolute atomic E-state index is 0.357. The first-order chi connectivity index (χ1) is 9.71. The molecule has 2 rings (SSSR count). The van der Waals surface area contributed by atoms with Crippen LogP contribution in [0.2, 0.25) is 0 Å². The van der Waals surface area contributed by atoms with Crippen molar-refractivity contribution in [2.45, 2.75) is 19.8 Å². The van der Waals surface area contributed by atoms with Crippen LogP contribution in [-0.4, -0.2) is 60.2 Å². The Bertz CT molecular complexity index is 427. The third kappa shape index (κ3) is 4.19. The molecule has 0 aliphatic carbocycles. The molecule has 1 aromatic rings. The zero-order chi connectivity index (χ0) is 14.4. The summed E-state index contributed by atoms with van der Waals surface area (Å²) in [7, 11) is 3.95. The first-order valence-corrected chi connectivity index (χ1v) is 7.20. The molecule has 0 spiro atoms. The summed E-state index contributed by atoms with van der Waals surface area (Å²) in [6.45, 7) is 5.65. The van der Waals surface area contributed by atoms with Crippen molar-refractivity contribution < 1.29 is 4.74 Å². The predicted octanol–water partition coefficient (Wildman–Crippen LogP) is 1.07. The molecule has 2 N–H and O–H groups in total. The van der Waals surface area contributed by atoms with Gasteiger partial charge in [-0.25, -0.2) is 0 Å². The van der Waals surface area contributed by atoms with Crippen molar-refractivity contribution in [1.82, 2.24) is 19.9 Å². The third-order valence-corrected chi connectivity index (χ3v) is 3.38. The summed E-state index contributed by atoms with van der Waals surface area (Å²) in [5, 5.41) is 6.22. The maximum Gasteiger partial charge on any atom is 0.323 e. The van der Waals surface area contributed by atoms with Crippen LogP contribution in [0.1, 0.15) is 19.8 Å². The van der Waals surface area contributed by atoms with E-state index in [4.69, 9.17) is 4.74 Å². The van der Waals surface area contributed by atoms with Crippen LogP contribution < -0.4 is 15.4 Å². The fourth-order valence-corrected chi connectivity index (χ4v) is 2.42. The lowest BCUT2D eigenvalue weighted by atomic mass is 9.99. The number of nitrogens with one attached hydrogen (secondary N) is 2. The fourth-order valence-electron chi connectivity index (χ4n) is 2.42. The smallest absolute Gasteiger partial charge is 0.323 e. The normalized spacial score (nSPS) is 19.6. The lowest BCUT2D eigenvalue weighted by Gasteiger charge is -2.29. The van der Waals surface area contributed by atoms with Crippen molar-refractivity contribution in [2.75, 3.05) is 51.0 Å². The second-order valence-electron chi connectivity index (χ2n) is 5.10. The van der Waals surface area contributed by atoms with E-state index in [0.29, 0.717) is 30.4 Å². The summed E-state index contributed by atoms with van der Waals surface area (Å²) in [4.78, 5) is 15.1. The summed E-state index contributed by atoms with van der Waals surface area (Å²) in [5.74, 6) is 1.73. The molecule has 2 heterocycles. The average Bonchev–Trinajstić information content (AvgIpc) is 2.45. The molecule has 1 aliphatic rings. The molecule has 20 heavy (non-hydrogen) atoms. The van der Waals surface area contributed by atoms with Crippen LogP contribution in [0.3, 0.4) is 0 Å². The van der Waals surface area contributed by atoms with E-state index in [1.807, 2.05) is 6.92 Å². The summed E-state index contributed by atoms with van der Waals surface area (Å²) in [5.41, 5.74) is 0. The molecule has 7 nitrogen and oxygen atoms in total. The summed E-state index contributed by atoms with van der Waals surface area (Å²) >= 11 is 0. The highest BCUT2D eigenvalue weighted by molar-refractivity contribution is 5.35. The molecule has 1 unspecified atom stereocenters. The van der Waals surface area contributed by atoms with Gasteiger partial charge >= 0.3 is 6.01 Å². The number of piperidine rings is 1. The number of anilines is 2. The minimum Gasteiger partial charge on any atom is -0.464 e. The molecule has 7 heteroatoms. The van der Waals surface area contributed by atoms with E-state index in [1.54, 1.807) is 7.05 Å². The molecule has 112 valence electrons. The van der Waals surface area contributed by atoms with Gasteiger partial charge in [0.25, 0.3) is 0 Å². The lowest BCUT2D eigenvalue weighted by molar-refractivity contribution is 0.217. The highest BCUT2D eigenvalue weighted by Crippen LogP contribution is 2.16. The molecular weight excluding hydrogens is 256 g/mol. The lowest BCUT2D eigenvalue weighted by Crippen LogP contribution is -2.35. The average molecular weight is 280 g/mol. The zero-order valence-electron chi connectivity index (χ0n) is 12.5. The topological polar surface area (TPSA) is 75.2 Å². The van der Waals surface area contributed by atoms with Gasteiger partial charge in [-0.2, -0.15) is 15.0 Å². The maximum atomic E-state index is 5.35. The van der Waals surface area contributed by atoms with Crippen LogP contribution in [0, 0.1) is 5.92 Å². The van der Waals surface area contributed by atoms with E-state index in [9.17, 15) is 0 Å². The van der Waals surface area contributed by atoms with E-state index in [-0.39, 0.29) is 0 Å². The quantitative estimate of drug-likeness (QED) is 0.807. The Balaban J connectivity index is 1.95. The molecule has 0 aromatic carbocycles. The molecule has 0 saturated carbocycles. The Morgan fingerprint density at radius 3 is 2.80 bits per heavy atom. The standard InChI is InChI=1S/C13H24N6O/c1-4-20-13-17-11(14-2)16-12(18-13)15-8-10-6-5-7-19(3)9-10/h10H,4-9H2,1-3H3,(H2,14,15,16,17,18). The van der Waals surface area contributed by atoms with Crippen LogP contribution >= 0.6 is 0 Å². The van der Waals surface area contributed by atoms with Gasteiger partial charge in [-0.1, -0.05) is 0 Å². The fraction of sp³-hybridized carbons (Fsp3) is 0.769. The van der Waals surface area contributed by atoms with Crippen molar-refractivity contribution in [2.24, 2.45) is 5.92 Å². The third-order valence-electron chi connectivity index (χ3n) is 3.38. The molecule has 1 saturated heterocycles. The number of hydrogen-bond acceptors (Lipinski definition) is 7. The van der Waals surface area contributed by atoms with Crippen molar-refractivity contribution in [3.63, 3.8) is 0 Å². The summed E-state index contributed by atoms with van der Waals surface area (Å²) in [6.07, 6.45) is 2.51. The molecule has 1 aromatic heterocycles. The summed E-state index contributed by atoms with van der Waals surface area (Å²) < 4.78 is 5.35. The van der Waals surface area contributed by atoms with Crippen LogP contribution in [-0.2, 0) is 0 Å². The van der Waals surface area contributed by atoms with E-state index in [2.05, 4.69) is 37.5 Å². The van der Waals surface area contributed by atoms with Gasteiger partial charge in [0.05, 0.1) is 6.61 Å². The highest BCUT2D eigenvalue weighted by atomic mass is 16.5. The minimum atomic E-state index is 0.357. The van der Waals surface area contributed by atoms with E-state index < -0.39 is 0 Å². The SMILES string of the molecule is CCOc1nc(NC)nc(NCC2CCCN(C)C2)n1. The molecule has 1 atom stereocenters. The Kier molecular flexibility index (Phi) is 5.34. The van der Waals surface area contributed by atoms with Gasteiger partial charge in [-0.15, -0.1) is 0 Å². The zero-order valence-corrected chi connectivity index (χ0v) is 12.5. The number of nitrogens with zero attached hydrogens (tertiary/aromatic N) is 4. The maximum absolute atomic E-state index is 5.35. The number of rotatable bonds is 6. The largest absolute Gasteiger partial charge is 0.464 e. The molecule has 0 amide bonds. The Labute approximate surface area is 120 Å². The Morgan fingerprint density at radius 1 is 1.30 bits per heavy atom. The van der Waals surface area contributed by atoms with Crippen LogP contribution in [0.4, 0.5) is 11.9 Å². The van der Waals surface area contributed by atoms with Gasteiger partial charge in [0.15, 0.2) is 0 Å². The van der Waals surface area contributed by atoms with Crippen molar-refractivity contribution in [3.05, 3.63) is 0 Å². The monoisotopic (exact) mass is 280 g/mol. The van der Waals surface area contributed by atoms with Crippen LogP contribution in [0.25, 0.3) is 0 Å². The number of aromatic nitrogens is 3. The van der Waals surface area contributed by atoms with E-state index >= 15 is 0 Å². The second kappa shape index (κ2) is 7.23. The van der Waals surface area contributed by atoms with Gasteiger partial charge in [-0.05, 0) is 39.3 Å². The van der Waals surface area contributed by atoms with E-state index in [0.717, 1.165) is 13.1 Å². The van der Waals surface area contributed by atoms with Crippen molar-refractivity contribution in [1.29, 1.82) is 0 Å². The van der Waals surface area contributed by atoms with Crippen LogP contribution in [0.5, 0.6) is 6.01 Å². The number of hydrogen-bond donors (Lipinski definition) is 2. The molecule has 0 bridgehead atoms. The first kappa shape index (κ1) is 14.8.